The van der Waals surface area contributed by atoms with Gasteiger partial charge in [0, 0.05) is 69.9 Å². The normalized spacial score (nSPS) is 20.4. The summed E-state index contributed by atoms with van der Waals surface area (Å²) >= 11 is 0. The van der Waals surface area contributed by atoms with Gasteiger partial charge in [0.25, 0.3) is 0 Å². The number of oxime groups is 1. The molecule has 3 aliphatic heterocycles. The molecule has 4 fully saturated rings. The fourth-order valence-electron chi connectivity index (χ4n) is 8.84. The number of hydrogen-bond acceptors (Lipinski definition) is 12. The molecule has 15 heteroatoms. The molecule has 310 valence electrons. The number of carbonyl (C=O) groups is 1. The quantitative estimate of drug-likeness (QED) is 0.104. The molecule has 2 bridgehead atoms. The molecule has 2 atom stereocenters. The van der Waals surface area contributed by atoms with Crippen LogP contribution in [0.5, 0.6) is 11.8 Å². The number of carbonyl (C=O) groups excluding carboxylic acids is 1. The summed E-state index contributed by atoms with van der Waals surface area (Å²) in [7, 11) is 3.10. The second-order valence-electron chi connectivity index (χ2n) is 17.1. The molecule has 8 rings (SSSR count). The van der Waals surface area contributed by atoms with E-state index in [1.165, 1.54) is 13.2 Å². The lowest BCUT2D eigenvalue weighted by Crippen LogP contribution is -2.57. The number of piperazine rings is 1. The Bertz CT molecular complexity index is 2200. The Hall–Kier alpha value is -4.89. The van der Waals surface area contributed by atoms with E-state index in [1.54, 1.807) is 31.5 Å². The van der Waals surface area contributed by atoms with E-state index in [4.69, 9.17) is 38.7 Å². The number of ether oxygens (including phenoxy) is 4. The number of aryl methyl sites for hydroxylation is 1. The zero-order valence-electron chi connectivity index (χ0n) is 34.3. The first-order valence-corrected chi connectivity index (χ1v) is 20.3. The lowest BCUT2D eigenvalue weighted by Gasteiger charge is -2.42. The van der Waals surface area contributed by atoms with Crippen molar-refractivity contribution in [2.45, 2.75) is 90.3 Å². The summed E-state index contributed by atoms with van der Waals surface area (Å²) in [6.07, 6.45) is 7.01. The molecule has 1 amide bonds. The maximum atomic E-state index is 17.4. The number of anilines is 1. The summed E-state index contributed by atoms with van der Waals surface area (Å²) in [4.78, 5) is 39.2. The zero-order valence-corrected chi connectivity index (χ0v) is 34.3. The minimum absolute atomic E-state index is 0.00576. The summed E-state index contributed by atoms with van der Waals surface area (Å²) < 4.78 is 56.0. The molecule has 0 unspecified atom stereocenters. The van der Waals surface area contributed by atoms with Crippen LogP contribution in [0.3, 0.4) is 0 Å². The molecule has 4 aromatic rings. The average Bonchev–Trinajstić information content (AvgIpc) is 3.91. The lowest BCUT2D eigenvalue weighted by molar-refractivity contribution is 0.0122. The first-order valence-electron chi connectivity index (χ1n) is 20.3. The molecule has 3 saturated heterocycles. The van der Waals surface area contributed by atoms with Gasteiger partial charge in [0.05, 0.1) is 29.8 Å². The Morgan fingerprint density at radius 3 is 2.41 bits per heavy atom. The summed E-state index contributed by atoms with van der Waals surface area (Å²) in [6.45, 7) is 11.4. The standard InChI is InChI=1S/C43H53F2N7O6/c1-7-31-34(44)11-8-26-18-30(57-25-54-5)19-32(35(26)31)37-36(45)38-33(20-46-37)39(51-21-28-9-10-29(22-51)52(28)41(53)58-42(2,3)4)48-40(47-38)56-24-43(14-15-43)23-50-16-12-27(13-17-50)49-55-6/h8,11,18-20,28-29H,7,9-10,12-17,21-25H2,1-6H3/t28-,29+. The van der Waals surface area contributed by atoms with Gasteiger partial charge in [0.15, 0.2) is 12.6 Å². The molecule has 0 spiro atoms. The maximum Gasteiger partial charge on any atom is 0.410 e. The average molecular weight is 802 g/mol. The van der Waals surface area contributed by atoms with E-state index in [1.807, 2.05) is 32.6 Å². The lowest BCUT2D eigenvalue weighted by atomic mass is 9.94. The van der Waals surface area contributed by atoms with E-state index in [9.17, 15) is 4.79 Å². The summed E-state index contributed by atoms with van der Waals surface area (Å²) in [5.74, 6) is -0.144. The van der Waals surface area contributed by atoms with Crippen LogP contribution in [0, 0.1) is 17.0 Å². The van der Waals surface area contributed by atoms with Crippen molar-refractivity contribution in [2.24, 2.45) is 10.6 Å². The first-order chi connectivity index (χ1) is 27.9. The van der Waals surface area contributed by atoms with Crippen LogP contribution in [0.1, 0.15) is 71.8 Å². The fraction of sp³-hybridized carbons (Fsp3) is 0.558. The van der Waals surface area contributed by atoms with Crippen molar-refractivity contribution in [2.75, 3.05) is 65.2 Å². The Kier molecular flexibility index (Phi) is 11.0. The molecule has 2 aromatic carbocycles. The summed E-state index contributed by atoms with van der Waals surface area (Å²) in [5, 5.41) is 5.79. The number of hydrogen-bond donors (Lipinski definition) is 0. The second-order valence-corrected chi connectivity index (χ2v) is 17.1. The van der Waals surface area contributed by atoms with Gasteiger partial charge in [-0.1, -0.05) is 18.1 Å². The van der Waals surface area contributed by atoms with E-state index in [0.717, 1.165) is 63.9 Å². The highest BCUT2D eigenvalue weighted by molar-refractivity contribution is 6.02. The Morgan fingerprint density at radius 2 is 1.76 bits per heavy atom. The number of nitrogens with zero attached hydrogens (tertiary/aromatic N) is 7. The molecular weight excluding hydrogens is 749 g/mol. The van der Waals surface area contributed by atoms with Crippen LogP contribution in [0.2, 0.25) is 0 Å². The van der Waals surface area contributed by atoms with Crippen molar-refractivity contribution in [1.82, 2.24) is 24.8 Å². The van der Waals surface area contributed by atoms with Crippen LogP contribution in [-0.2, 0) is 20.7 Å². The van der Waals surface area contributed by atoms with Gasteiger partial charge in [-0.15, -0.1) is 0 Å². The van der Waals surface area contributed by atoms with Crippen molar-refractivity contribution in [1.29, 1.82) is 0 Å². The molecule has 0 radical (unpaired) electrons. The van der Waals surface area contributed by atoms with Crippen LogP contribution in [0.15, 0.2) is 35.6 Å². The topological polar surface area (TPSA) is 124 Å². The van der Waals surface area contributed by atoms with Gasteiger partial charge in [0.2, 0.25) is 0 Å². The van der Waals surface area contributed by atoms with Gasteiger partial charge in [-0.05, 0) is 87.4 Å². The fourth-order valence-corrected chi connectivity index (χ4v) is 8.84. The second kappa shape index (κ2) is 16.0. The molecule has 0 N–H and O–H groups in total. The predicted molar refractivity (Wildman–Crippen MR) is 216 cm³/mol. The van der Waals surface area contributed by atoms with Crippen molar-refractivity contribution in [3.05, 3.63) is 47.7 Å². The van der Waals surface area contributed by atoms with Gasteiger partial charge < -0.3 is 33.6 Å². The van der Waals surface area contributed by atoms with Gasteiger partial charge in [0.1, 0.15) is 41.3 Å². The molecule has 4 aliphatic rings. The third-order valence-corrected chi connectivity index (χ3v) is 11.8. The zero-order chi connectivity index (χ0) is 40.8. The van der Waals surface area contributed by atoms with Crippen molar-refractivity contribution >= 4 is 39.3 Å². The number of aromatic nitrogens is 3. The molecule has 13 nitrogen and oxygen atoms in total. The first kappa shape index (κ1) is 39.9. The van der Waals surface area contributed by atoms with Crippen molar-refractivity contribution in [3.63, 3.8) is 0 Å². The summed E-state index contributed by atoms with van der Waals surface area (Å²) in [6, 6.07) is 6.38. The van der Waals surface area contributed by atoms with E-state index >= 15 is 8.78 Å². The number of rotatable bonds is 12. The molecule has 5 heterocycles. The van der Waals surface area contributed by atoms with Crippen molar-refractivity contribution in [3.8, 4) is 23.0 Å². The maximum absolute atomic E-state index is 17.4. The van der Waals surface area contributed by atoms with Crippen LogP contribution < -0.4 is 14.4 Å². The number of halogens is 2. The van der Waals surface area contributed by atoms with E-state index in [2.05, 4.69) is 15.0 Å². The minimum atomic E-state index is -0.680. The number of benzene rings is 2. The van der Waals surface area contributed by atoms with E-state index in [0.29, 0.717) is 65.0 Å². The van der Waals surface area contributed by atoms with Crippen LogP contribution in [0.4, 0.5) is 19.4 Å². The van der Waals surface area contributed by atoms with Crippen LogP contribution in [0.25, 0.3) is 32.9 Å². The molecule has 2 aromatic heterocycles. The van der Waals surface area contributed by atoms with E-state index in [-0.39, 0.29) is 53.4 Å². The molecule has 1 aliphatic carbocycles. The largest absolute Gasteiger partial charge is 0.468 e. The highest BCUT2D eigenvalue weighted by Crippen LogP contribution is 2.47. The van der Waals surface area contributed by atoms with Crippen LogP contribution in [-0.4, -0.2) is 115 Å². The number of amides is 1. The van der Waals surface area contributed by atoms with Gasteiger partial charge >= 0.3 is 12.1 Å². The van der Waals surface area contributed by atoms with Gasteiger partial charge in [-0.2, -0.15) is 9.97 Å². The van der Waals surface area contributed by atoms with Crippen LogP contribution >= 0.6 is 0 Å². The SMILES string of the molecule is CCc1c(F)ccc2cc(OCOC)cc(-c3ncc4c(N5C[C@H]6CC[C@@H](C5)N6C(=O)OC(C)(C)C)nc(OCC5(CN6CCC(=NOC)CC6)CC5)nc4c3F)c12. The Morgan fingerprint density at radius 1 is 1.02 bits per heavy atom. The molecule has 1 saturated carbocycles. The Balaban J connectivity index is 1.17. The monoisotopic (exact) mass is 801 g/mol. The van der Waals surface area contributed by atoms with E-state index < -0.39 is 11.4 Å². The number of fused-ring (bicyclic) bond motifs is 4. The van der Waals surface area contributed by atoms with Gasteiger partial charge in [-0.3, -0.25) is 9.88 Å². The summed E-state index contributed by atoms with van der Waals surface area (Å²) in [5.41, 5.74) is 1.27. The van der Waals surface area contributed by atoms with Gasteiger partial charge in [-0.25, -0.2) is 13.6 Å². The number of likely N-dealkylation sites (tertiary alicyclic amines) is 1. The predicted octanol–water partition coefficient (Wildman–Crippen LogP) is 7.51. The van der Waals surface area contributed by atoms with Crippen molar-refractivity contribution < 1.29 is 37.4 Å². The molecular formula is C43H53F2N7O6. The third kappa shape index (κ3) is 8.07. The minimum Gasteiger partial charge on any atom is -0.468 e. The highest BCUT2D eigenvalue weighted by Gasteiger charge is 2.47. The number of pyridine rings is 1. The molecule has 58 heavy (non-hydrogen) atoms. The smallest absolute Gasteiger partial charge is 0.410 e. The Labute approximate surface area is 337 Å². The third-order valence-electron chi connectivity index (χ3n) is 11.8. The highest BCUT2D eigenvalue weighted by atomic mass is 19.1. The number of piperidine rings is 1. The number of methoxy groups -OCH3 is 1.